The summed E-state index contributed by atoms with van der Waals surface area (Å²) in [4.78, 5) is 15.7. The summed E-state index contributed by atoms with van der Waals surface area (Å²) in [5, 5.41) is 11.7. The third-order valence-electron chi connectivity index (χ3n) is 6.92. The molecule has 2 aromatic carbocycles. The highest BCUT2D eigenvalue weighted by Crippen LogP contribution is 2.52. The van der Waals surface area contributed by atoms with Gasteiger partial charge in [0, 0.05) is 17.8 Å². The van der Waals surface area contributed by atoms with Gasteiger partial charge >= 0.3 is 6.18 Å². The fourth-order valence-corrected chi connectivity index (χ4v) is 5.27. The molecule has 0 saturated heterocycles. The van der Waals surface area contributed by atoms with Crippen LogP contribution < -0.4 is 5.32 Å². The van der Waals surface area contributed by atoms with Gasteiger partial charge < -0.3 is 10.2 Å². The number of azo groups is 1. The van der Waals surface area contributed by atoms with E-state index in [4.69, 9.17) is 0 Å². The molecule has 2 atom stereocenters. The number of nitrogens with zero attached hydrogens (tertiary/aromatic N) is 3. The molecule has 3 aliphatic rings. The zero-order valence-corrected chi connectivity index (χ0v) is 18.3. The number of dihydropyridines is 1. The molecule has 5 rings (SSSR count). The number of hydrogen-bond donors (Lipinski definition) is 1. The van der Waals surface area contributed by atoms with E-state index in [2.05, 4.69) is 15.5 Å². The number of benzene rings is 2. The number of nitrogens with one attached hydrogen (secondary N) is 1. The van der Waals surface area contributed by atoms with Crippen molar-refractivity contribution in [3.05, 3.63) is 94.0 Å². The van der Waals surface area contributed by atoms with Gasteiger partial charge in [-0.25, -0.2) is 0 Å². The Morgan fingerprint density at radius 1 is 1.15 bits per heavy atom. The lowest BCUT2D eigenvalue weighted by atomic mass is 9.64. The molecule has 0 aliphatic carbocycles. The summed E-state index contributed by atoms with van der Waals surface area (Å²) < 4.78 is 40.8. The van der Waals surface area contributed by atoms with Crippen molar-refractivity contribution in [3.8, 4) is 0 Å². The van der Waals surface area contributed by atoms with Crippen molar-refractivity contribution in [1.29, 1.82) is 0 Å². The van der Waals surface area contributed by atoms with Gasteiger partial charge in [0.25, 0.3) is 5.91 Å². The van der Waals surface area contributed by atoms with Gasteiger partial charge in [-0.05, 0) is 30.5 Å². The molecule has 0 unspecified atom stereocenters. The van der Waals surface area contributed by atoms with E-state index in [1.54, 1.807) is 11.0 Å². The van der Waals surface area contributed by atoms with E-state index in [1.165, 1.54) is 12.1 Å². The van der Waals surface area contributed by atoms with E-state index in [1.807, 2.05) is 44.2 Å². The van der Waals surface area contributed by atoms with E-state index in [0.29, 0.717) is 35.6 Å². The molecular formula is C25H23F3N4O. The summed E-state index contributed by atoms with van der Waals surface area (Å²) in [6.07, 6.45) is -4.07. The summed E-state index contributed by atoms with van der Waals surface area (Å²) in [5.41, 5.74) is 1.59. The molecule has 5 nitrogen and oxygen atoms in total. The van der Waals surface area contributed by atoms with E-state index in [0.717, 1.165) is 17.2 Å². The molecule has 33 heavy (non-hydrogen) atoms. The van der Waals surface area contributed by atoms with Crippen molar-refractivity contribution < 1.29 is 18.0 Å². The molecule has 170 valence electrons. The average molecular weight is 452 g/mol. The van der Waals surface area contributed by atoms with Crippen LogP contribution in [-0.4, -0.2) is 23.4 Å². The van der Waals surface area contributed by atoms with Gasteiger partial charge in [0.05, 0.1) is 29.1 Å². The van der Waals surface area contributed by atoms with Crippen molar-refractivity contribution in [2.75, 3.05) is 6.54 Å². The highest BCUT2D eigenvalue weighted by atomic mass is 19.4. The van der Waals surface area contributed by atoms with Crippen LogP contribution in [0, 0.1) is 0 Å². The van der Waals surface area contributed by atoms with Gasteiger partial charge in [0.2, 0.25) is 0 Å². The first kappa shape index (κ1) is 21.4. The Balaban J connectivity index is 1.66. The predicted octanol–water partition coefficient (Wildman–Crippen LogP) is 5.32. The van der Waals surface area contributed by atoms with Crippen molar-refractivity contribution in [2.45, 2.75) is 44.4 Å². The zero-order valence-electron chi connectivity index (χ0n) is 18.3. The van der Waals surface area contributed by atoms with E-state index in [9.17, 15) is 18.0 Å². The summed E-state index contributed by atoms with van der Waals surface area (Å²) in [7, 11) is 0. The molecule has 2 aromatic rings. The third kappa shape index (κ3) is 3.19. The molecule has 3 heterocycles. The fourth-order valence-electron chi connectivity index (χ4n) is 5.27. The Morgan fingerprint density at radius 2 is 1.91 bits per heavy atom. The quantitative estimate of drug-likeness (QED) is 0.683. The Bertz CT molecular complexity index is 1220. The molecule has 0 bridgehead atoms. The van der Waals surface area contributed by atoms with Crippen LogP contribution in [-0.2, 0) is 22.9 Å². The van der Waals surface area contributed by atoms with E-state index < -0.39 is 17.2 Å². The smallest absolute Gasteiger partial charge is 0.340 e. The van der Waals surface area contributed by atoms with Crippen molar-refractivity contribution in [2.24, 2.45) is 10.2 Å². The maximum absolute atomic E-state index is 13.9. The van der Waals surface area contributed by atoms with Crippen LogP contribution in [0.4, 0.5) is 13.2 Å². The SMILES string of the molecule is CC[C@@]1(c2cccc(C(F)(F)F)c2)C2=C(N=NC2)NC2=C1C(=O)N(Cc1ccccc1)[C@H]2C. The van der Waals surface area contributed by atoms with Crippen LogP contribution in [0.1, 0.15) is 37.0 Å². The molecule has 0 fully saturated rings. The van der Waals surface area contributed by atoms with Crippen molar-refractivity contribution in [3.63, 3.8) is 0 Å². The first-order chi connectivity index (χ1) is 15.8. The number of carbonyl (C=O) groups excluding carboxylic acids is 1. The minimum atomic E-state index is -4.48. The van der Waals surface area contributed by atoms with Crippen LogP contribution in [0.2, 0.25) is 0 Å². The number of amides is 1. The second-order valence-corrected chi connectivity index (χ2v) is 8.57. The number of hydrogen-bond acceptors (Lipinski definition) is 4. The van der Waals surface area contributed by atoms with Crippen LogP contribution in [0.15, 0.2) is 87.5 Å². The molecule has 0 saturated carbocycles. The first-order valence-corrected chi connectivity index (χ1v) is 10.9. The maximum atomic E-state index is 13.9. The summed E-state index contributed by atoms with van der Waals surface area (Å²) in [5.74, 6) is 0.362. The van der Waals surface area contributed by atoms with Crippen LogP contribution in [0.5, 0.6) is 0 Å². The highest BCUT2D eigenvalue weighted by molar-refractivity contribution is 6.01. The van der Waals surface area contributed by atoms with Crippen molar-refractivity contribution in [1.82, 2.24) is 10.2 Å². The first-order valence-electron chi connectivity index (χ1n) is 10.9. The Morgan fingerprint density at radius 3 is 2.61 bits per heavy atom. The Labute approximate surface area is 189 Å². The molecule has 0 spiro atoms. The van der Waals surface area contributed by atoms with E-state index >= 15 is 0 Å². The molecule has 0 aromatic heterocycles. The number of rotatable bonds is 4. The summed E-state index contributed by atoms with van der Waals surface area (Å²) in [6, 6.07) is 14.7. The standard InChI is InChI=1S/C25H23F3N4O/c1-3-24(17-10-7-11-18(12-17)25(26,27)28)19-13-29-31-22(19)30-21-15(2)32(23(33)20(21)24)14-16-8-5-4-6-9-16/h4-12,15,30H,3,13-14H2,1-2H3/t15-,24+/m0/s1. The second-order valence-electron chi connectivity index (χ2n) is 8.57. The van der Waals surface area contributed by atoms with Crippen LogP contribution >= 0.6 is 0 Å². The molecular weight excluding hydrogens is 429 g/mol. The normalized spacial score (nSPS) is 24.3. The lowest BCUT2D eigenvalue weighted by Crippen LogP contribution is -2.41. The third-order valence-corrected chi connectivity index (χ3v) is 6.92. The molecule has 0 radical (unpaired) electrons. The van der Waals surface area contributed by atoms with Gasteiger partial charge in [-0.3, -0.25) is 4.79 Å². The second kappa shape index (κ2) is 7.57. The molecule has 1 N–H and O–H groups in total. The number of halogens is 3. The molecule has 1 amide bonds. The molecule has 8 heteroatoms. The zero-order chi connectivity index (χ0) is 23.4. The fraction of sp³-hybridized carbons (Fsp3) is 0.320. The van der Waals surface area contributed by atoms with Gasteiger partial charge in [0.15, 0.2) is 5.82 Å². The molecule has 3 aliphatic heterocycles. The van der Waals surface area contributed by atoms with Gasteiger partial charge in [-0.15, -0.1) is 5.11 Å². The predicted molar refractivity (Wildman–Crippen MR) is 117 cm³/mol. The lowest BCUT2D eigenvalue weighted by molar-refractivity contribution is -0.137. The topological polar surface area (TPSA) is 57.1 Å². The maximum Gasteiger partial charge on any atom is 0.416 e. The van der Waals surface area contributed by atoms with Crippen molar-refractivity contribution >= 4 is 5.91 Å². The van der Waals surface area contributed by atoms with Gasteiger partial charge in [-0.1, -0.05) is 55.5 Å². The summed E-state index contributed by atoms with van der Waals surface area (Å²) in [6.45, 7) is 4.48. The number of carbonyl (C=O) groups is 1. The number of alkyl halides is 3. The van der Waals surface area contributed by atoms with Gasteiger partial charge in [-0.2, -0.15) is 18.3 Å². The minimum absolute atomic E-state index is 0.174. The highest BCUT2D eigenvalue weighted by Gasteiger charge is 2.54. The van der Waals surface area contributed by atoms with Crippen LogP contribution in [0.25, 0.3) is 0 Å². The average Bonchev–Trinajstić information content (AvgIpc) is 3.37. The van der Waals surface area contributed by atoms with Gasteiger partial charge in [0.1, 0.15) is 0 Å². The monoisotopic (exact) mass is 452 g/mol. The van der Waals surface area contributed by atoms with E-state index in [-0.39, 0.29) is 18.5 Å². The minimum Gasteiger partial charge on any atom is -0.340 e. The largest absolute Gasteiger partial charge is 0.416 e. The van der Waals surface area contributed by atoms with Crippen LogP contribution in [0.3, 0.4) is 0 Å². The lowest BCUT2D eigenvalue weighted by Gasteiger charge is -2.39. The summed E-state index contributed by atoms with van der Waals surface area (Å²) >= 11 is 0. The Hall–Kier alpha value is -3.42. The Kier molecular flexibility index (Phi) is 4.92.